The SMILES string of the molecule is O=S1(=O)c2ccccc2CN1Cc1ccc(Cc2ccccc2)cc1. The Morgan fingerprint density at radius 3 is 2.04 bits per heavy atom. The molecule has 0 unspecified atom stereocenters. The Hall–Kier alpha value is -2.43. The molecule has 0 amide bonds. The predicted octanol–water partition coefficient (Wildman–Crippen LogP) is 3.98. The Morgan fingerprint density at radius 1 is 0.720 bits per heavy atom. The molecule has 3 aromatic rings. The molecular weight excluding hydrogens is 330 g/mol. The average Bonchev–Trinajstić information content (AvgIpc) is 2.88. The molecule has 1 aliphatic rings. The van der Waals surface area contributed by atoms with Crippen LogP contribution in [0.25, 0.3) is 0 Å². The van der Waals surface area contributed by atoms with Gasteiger partial charge in [-0.3, -0.25) is 0 Å². The third-order valence-electron chi connectivity index (χ3n) is 4.57. The molecule has 0 saturated carbocycles. The van der Waals surface area contributed by atoms with Crippen LogP contribution in [0, 0.1) is 0 Å². The van der Waals surface area contributed by atoms with Gasteiger partial charge in [0.1, 0.15) is 0 Å². The zero-order chi connectivity index (χ0) is 17.3. The molecule has 1 heterocycles. The van der Waals surface area contributed by atoms with E-state index in [1.165, 1.54) is 11.1 Å². The Balaban J connectivity index is 1.49. The highest BCUT2D eigenvalue weighted by Crippen LogP contribution is 2.31. The fourth-order valence-electron chi connectivity index (χ4n) is 3.24. The van der Waals surface area contributed by atoms with E-state index in [-0.39, 0.29) is 0 Å². The maximum absolute atomic E-state index is 12.6. The minimum Gasteiger partial charge on any atom is -0.207 e. The van der Waals surface area contributed by atoms with E-state index in [0.29, 0.717) is 18.0 Å². The normalized spacial score (nSPS) is 15.8. The van der Waals surface area contributed by atoms with Crippen molar-refractivity contribution in [2.75, 3.05) is 0 Å². The topological polar surface area (TPSA) is 37.4 Å². The van der Waals surface area contributed by atoms with E-state index >= 15 is 0 Å². The minimum atomic E-state index is -3.37. The van der Waals surface area contributed by atoms with Gasteiger partial charge in [0.25, 0.3) is 0 Å². The van der Waals surface area contributed by atoms with E-state index in [1.54, 1.807) is 16.4 Å². The average molecular weight is 349 g/mol. The van der Waals surface area contributed by atoms with E-state index in [1.807, 2.05) is 42.5 Å². The summed E-state index contributed by atoms with van der Waals surface area (Å²) in [6.07, 6.45) is 0.884. The van der Waals surface area contributed by atoms with Crippen molar-refractivity contribution >= 4 is 10.0 Å². The maximum atomic E-state index is 12.6. The van der Waals surface area contributed by atoms with Crippen LogP contribution in [-0.4, -0.2) is 12.7 Å². The molecule has 0 spiro atoms. The molecule has 0 saturated heterocycles. The van der Waals surface area contributed by atoms with Gasteiger partial charge in [0.15, 0.2) is 0 Å². The lowest BCUT2D eigenvalue weighted by molar-refractivity contribution is 0.420. The van der Waals surface area contributed by atoms with Crippen molar-refractivity contribution in [1.82, 2.24) is 4.31 Å². The second-order valence-electron chi connectivity index (χ2n) is 6.36. The number of fused-ring (bicyclic) bond motifs is 1. The summed E-state index contributed by atoms with van der Waals surface area (Å²) < 4.78 is 26.8. The molecule has 3 nitrogen and oxygen atoms in total. The van der Waals surface area contributed by atoms with Gasteiger partial charge >= 0.3 is 0 Å². The molecule has 126 valence electrons. The lowest BCUT2D eigenvalue weighted by atomic mass is 10.0. The van der Waals surface area contributed by atoms with Gasteiger partial charge in [-0.15, -0.1) is 0 Å². The molecule has 3 aromatic carbocycles. The van der Waals surface area contributed by atoms with E-state index in [0.717, 1.165) is 17.5 Å². The summed E-state index contributed by atoms with van der Waals surface area (Å²) in [6.45, 7) is 0.854. The van der Waals surface area contributed by atoms with Gasteiger partial charge in [-0.05, 0) is 34.7 Å². The second-order valence-corrected chi connectivity index (χ2v) is 8.27. The molecule has 4 heteroatoms. The van der Waals surface area contributed by atoms with Crippen LogP contribution >= 0.6 is 0 Å². The van der Waals surface area contributed by atoms with Gasteiger partial charge in [0, 0.05) is 13.1 Å². The van der Waals surface area contributed by atoms with Gasteiger partial charge in [-0.2, -0.15) is 4.31 Å². The van der Waals surface area contributed by atoms with Crippen molar-refractivity contribution in [2.24, 2.45) is 0 Å². The van der Waals surface area contributed by atoms with Gasteiger partial charge in [-0.1, -0.05) is 72.8 Å². The van der Waals surface area contributed by atoms with Crippen LogP contribution in [0.5, 0.6) is 0 Å². The van der Waals surface area contributed by atoms with Crippen molar-refractivity contribution in [3.63, 3.8) is 0 Å². The molecule has 0 bridgehead atoms. The quantitative estimate of drug-likeness (QED) is 0.714. The summed E-state index contributed by atoms with van der Waals surface area (Å²) in [5, 5.41) is 0. The number of rotatable bonds is 4. The zero-order valence-corrected chi connectivity index (χ0v) is 14.6. The number of nitrogens with zero attached hydrogens (tertiary/aromatic N) is 1. The standard InChI is InChI=1S/C21H19NO2S/c23-25(24)21-9-5-4-8-20(21)16-22(25)15-19-12-10-18(11-13-19)14-17-6-2-1-3-7-17/h1-13H,14-16H2. The number of hydrogen-bond donors (Lipinski definition) is 0. The summed E-state index contributed by atoms with van der Waals surface area (Å²) in [5.41, 5.74) is 4.38. The van der Waals surface area contributed by atoms with Gasteiger partial charge in [0.2, 0.25) is 10.0 Å². The maximum Gasteiger partial charge on any atom is 0.244 e. The summed E-state index contributed by atoms with van der Waals surface area (Å²) in [4.78, 5) is 0.440. The van der Waals surface area contributed by atoms with Crippen LogP contribution in [0.15, 0.2) is 83.8 Å². The first-order valence-corrected chi connectivity index (χ1v) is 9.77. The van der Waals surface area contributed by atoms with Crippen LogP contribution in [0.3, 0.4) is 0 Å². The first-order valence-electron chi connectivity index (χ1n) is 8.33. The summed E-state index contributed by atoms with van der Waals surface area (Å²) in [5.74, 6) is 0. The van der Waals surface area contributed by atoms with Crippen LogP contribution in [0.1, 0.15) is 22.3 Å². The Bertz CT molecular complexity index is 980. The van der Waals surface area contributed by atoms with Crippen molar-refractivity contribution in [2.45, 2.75) is 24.4 Å². The fraction of sp³-hybridized carbons (Fsp3) is 0.143. The third kappa shape index (κ3) is 3.23. The monoisotopic (exact) mass is 349 g/mol. The van der Waals surface area contributed by atoms with Crippen LogP contribution in [-0.2, 0) is 29.5 Å². The van der Waals surface area contributed by atoms with Crippen molar-refractivity contribution in [3.8, 4) is 0 Å². The Labute approximate surface area is 148 Å². The van der Waals surface area contributed by atoms with E-state index < -0.39 is 10.0 Å². The van der Waals surface area contributed by atoms with Gasteiger partial charge in [0.05, 0.1) is 4.90 Å². The molecular formula is C21H19NO2S. The number of benzene rings is 3. The lowest BCUT2D eigenvalue weighted by Crippen LogP contribution is -2.23. The first-order chi connectivity index (χ1) is 12.1. The third-order valence-corrected chi connectivity index (χ3v) is 6.46. The van der Waals surface area contributed by atoms with Gasteiger partial charge in [-0.25, -0.2) is 8.42 Å². The summed E-state index contributed by atoms with van der Waals surface area (Å²) in [6, 6.07) is 25.8. The fourth-order valence-corrected chi connectivity index (χ4v) is 4.86. The smallest absolute Gasteiger partial charge is 0.207 e. The lowest BCUT2D eigenvalue weighted by Gasteiger charge is -2.15. The van der Waals surface area contributed by atoms with Crippen molar-refractivity contribution < 1.29 is 8.42 Å². The molecule has 4 rings (SSSR count). The number of hydrogen-bond acceptors (Lipinski definition) is 2. The second kappa shape index (κ2) is 6.47. The molecule has 0 aliphatic carbocycles. The van der Waals surface area contributed by atoms with E-state index in [2.05, 4.69) is 24.3 Å². The molecule has 0 N–H and O–H groups in total. The zero-order valence-electron chi connectivity index (χ0n) is 13.8. The minimum absolute atomic E-state index is 0.405. The Kier molecular flexibility index (Phi) is 4.15. The molecule has 25 heavy (non-hydrogen) atoms. The number of sulfonamides is 1. The highest BCUT2D eigenvalue weighted by molar-refractivity contribution is 7.89. The highest BCUT2D eigenvalue weighted by Gasteiger charge is 2.33. The summed E-state index contributed by atoms with van der Waals surface area (Å²) >= 11 is 0. The van der Waals surface area contributed by atoms with E-state index in [9.17, 15) is 8.42 Å². The Morgan fingerprint density at radius 2 is 1.32 bits per heavy atom. The van der Waals surface area contributed by atoms with Crippen molar-refractivity contribution in [3.05, 3.63) is 101 Å². The molecule has 0 radical (unpaired) electrons. The first kappa shape index (κ1) is 16.1. The molecule has 0 fully saturated rings. The van der Waals surface area contributed by atoms with E-state index in [4.69, 9.17) is 0 Å². The summed E-state index contributed by atoms with van der Waals surface area (Å²) in [7, 11) is -3.37. The van der Waals surface area contributed by atoms with Crippen LogP contribution < -0.4 is 0 Å². The molecule has 1 aliphatic heterocycles. The molecule has 0 aromatic heterocycles. The molecule has 0 atom stereocenters. The van der Waals surface area contributed by atoms with Crippen LogP contribution in [0.4, 0.5) is 0 Å². The van der Waals surface area contributed by atoms with Crippen LogP contribution in [0.2, 0.25) is 0 Å². The predicted molar refractivity (Wildman–Crippen MR) is 98.6 cm³/mol. The highest BCUT2D eigenvalue weighted by atomic mass is 32.2. The van der Waals surface area contributed by atoms with Crippen molar-refractivity contribution in [1.29, 1.82) is 0 Å². The largest absolute Gasteiger partial charge is 0.244 e. The van der Waals surface area contributed by atoms with Gasteiger partial charge < -0.3 is 0 Å².